The summed E-state index contributed by atoms with van der Waals surface area (Å²) in [6, 6.07) is 0.541. The van der Waals surface area contributed by atoms with E-state index in [-0.39, 0.29) is 0 Å². The number of hydrogen-bond donors (Lipinski definition) is 0. The molecule has 1 fully saturated rings. The second-order valence-electron chi connectivity index (χ2n) is 5.06. The minimum absolute atomic E-state index is 0.541. The fraction of sp³-hybridized carbons (Fsp3) is 0.692. The van der Waals surface area contributed by atoms with E-state index in [4.69, 9.17) is 4.74 Å². The first-order valence-electron chi connectivity index (χ1n) is 6.41. The third-order valence-corrected chi connectivity index (χ3v) is 4.21. The van der Waals surface area contributed by atoms with E-state index in [9.17, 15) is 0 Å². The molecule has 4 nitrogen and oxygen atoms in total. The number of halogens is 1. The number of ether oxygens (including phenoxy) is 1. The van der Waals surface area contributed by atoms with Crippen LogP contribution >= 0.6 is 15.9 Å². The lowest BCUT2D eigenvalue weighted by Crippen LogP contribution is -2.36. The minimum atomic E-state index is 0.541. The van der Waals surface area contributed by atoms with Gasteiger partial charge in [0.05, 0.1) is 17.8 Å². The van der Waals surface area contributed by atoms with Crippen LogP contribution in [0.1, 0.15) is 32.6 Å². The van der Waals surface area contributed by atoms with E-state index in [0.29, 0.717) is 11.9 Å². The average Bonchev–Trinajstić information content (AvgIpc) is 2.38. The van der Waals surface area contributed by atoms with Gasteiger partial charge in [0.25, 0.3) is 0 Å². The molecule has 0 aromatic carbocycles. The van der Waals surface area contributed by atoms with Crippen LogP contribution in [0.15, 0.2) is 10.7 Å². The Hall–Kier alpha value is -0.840. The highest BCUT2D eigenvalue weighted by Crippen LogP contribution is 2.30. The zero-order chi connectivity index (χ0) is 13.1. The highest BCUT2D eigenvalue weighted by Gasteiger charge is 2.24. The Bertz CT molecular complexity index is 413. The molecule has 100 valence electrons. The van der Waals surface area contributed by atoms with Crippen LogP contribution in [-0.2, 0) is 0 Å². The van der Waals surface area contributed by atoms with Crippen LogP contribution in [0.4, 0.5) is 5.95 Å². The Balaban J connectivity index is 2.14. The first-order valence-corrected chi connectivity index (χ1v) is 7.20. The van der Waals surface area contributed by atoms with Gasteiger partial charge >= 0.3 is 0 Å². The molecule has 1 aliphatic rings. The van der Waals surface area contributed by atoms with E-state index < -0.39 is 0 Å². The van der Waals surface area contributed by atoms with Crippen molar-refractivity contribution in [2.24, 2.45) is 5.92 Å². The molecule has 0 N–H and O–H groups in total. The highest BCUT2D eigenvalue weighted by atomic mass is 79.9. The second-order valence-corrected chi connectivity index (χ2v) is 5.92. The van der Waals surface area contributed by atoms with Gasteiger partial charge in [0.15, 0.2) is 0 Å². The number of hydrogen-bond acceptors (Lipinski definition) is 4. The van der Waals surface area contributed by atoms with Crippen LogP contribution < -0.4 is 9.64 Å². The van der Waals surface area contributed by atoms with Crippen molar-refractivity contribution in [2.45, 2.75) is 38.6 Å². The van der Waals surface area contributed by atoms with E-state index in [2.05, 4.69) is 44.8 Å². The molecule has 2 rings (SSSR count). The third-order valence-electron chi connectivity index (χ3n) is 3.66. The lowest BCUT2D eigenvalue weighted by atomic mass is 9.86. The molecular formula is C13H20BrN3O. The molecule has 0 saturated heterocycles. The summed E-state index contributed by atoms with van der Waals surface area (Å²) in [5.41, 5.74) is 0. The van der Waals surface area contributed by atoms with E-state index in [1.807, 2.05) is 0 Å². The van der Waals surface area contributed by atoms with Crippen molar-refractivity contribution in [2.75, 3.05) is 19.1 Å². The summed E-state index contributed by atoms with van der Waals surface area (Å²) >= 11 is 3.38. The maximum Gasteiger partial charge on any atom is 0.232 e. The fourth-order valence-corrected chi connectivity index (χ4v) is 2.93. The molecule has 1 aromatic rings. The van der Waals surface area contributed by atoms with Crippen LogP contribution in [0.25, 0.3) is 0 Å². The van der Waals surface area contributed by atoms with Crippen LogP contribution in [0.5, 0.6) is 5.88 Å². The molecule has 1 aromatic heterocycles. The van der Waals surface area contributed by atoms with Crippen molar-refractivity contribution in [1.29, 1.82) is 0 Å². The number of rotatable bonds is 3. The molecule has 0 aliphatic heterocycles. The van der Waals surface area contributed by atoms with Gasteiger partial charge in [-0.25, -0.2) is 4.98 Å². The van der Waals surface area contributed by atoms with Crippen molar-refractivity contribution in [3.63, 3.8) is 0 Å². The molecule has 2 atom stereocenters. The first kappa shape index (κ1) is 13.6. The minimum Gasteiger partial charge on any atom is -0.480 e. The Morgan fingerprint density at radius 3 is 2.89 bits per heavy atom. The van der Waals surface area contributed by atoms with Gasteiger partial charge in [-0.05, 0) is 34.7 Å². The monoisotopic (exact) mass is 313 g/mol. The fourth-order valence-electron chi connectivity index (χ4n) is 2.57. The summed E-state index contributed by atoms with van der Waals surface area (Å²) in [5.74, 6) is 2.13. The Morgan fingerprint density at radius 1 is 1.44 bits per heavy atom. The lowest BCUT2D eigenvalue weighted by Gasteiger charge is -2.34. The quantitative estimate of drug-likeness (QED) is 0.858. The van der Waals surface area contributed by atoms with Crippen molar-refractivity contribution >= 4 is 21.9 Å². The summed E-state index contributed by atoms with van der Waals surface area (Å²) in [6.07, 6.45) is 6.84. The Morgan fingerprint density at radius 2 is 2.22 bits per heavy atom. The molecule has 2 unspecified atom stereocenters. The van der Waals surface area contributed by atoms with Gasteiger partial charge in [-0.15, -0.1) is 0 Å². The predicted molar refractivity (Wildman–Crippen MR) is 76.1 cm³/mol. The zero-order valence-electron chi connectivity index (χ0n) is 11.2. The number of methoxy groups -OCH3 is 1. The molecule has 0 bridgehead atoms. The molecule has 0 radical (unpaired) electrons. The molecule has 0 spiro atoms. The van der Waals surface area contributed by atoms with E-state index in [1.54, 1.807) is 13.3 Å². The predicted octanol–water partition coefficient (Wildman–Crippen LogP) is 3.26. The number of anilines is 1. The van der Waals surface area contributed by atoms with Gasteiger partial charge in [-0.2, -0.15) is 4.98 Å². The van der Waals surface area contributed by atoms with Gasteiger partial charge in [0.2, 0.25) is 11.8 Å². The molecule has 5 heteroatoms. The van der Waals surface area contributed by atoms with Crippen molar-refractivity contribution in [1.82, 2.24) is 9.97 Å². The van der Waals surface area contributed by atoms with E-state index in [1.165, 1.54) is 25.7 Å². The third kappa shape index (κ3) is 2.94. The Kier molecular flexibility index (Phi) is 4.43. The highest BCUT2D eigenvalue weighted by molar-refractivity contribution is 9.10. The van der Waals surface area contributed by atoms with Crippen LogP contribution in [0.2, 0.25) is 0 Å². The normalized spacial score (nSPS) is 23.8. The Labute approximate surface area is 117 Å². The largest absolute Gasteiger partial charge is 0.480 e. The van der Waals surface area contributed by atoms with Gasteiger partial charge in [0, 0.05) is 13.1 Å². The van der Waals surface area contributed by atoms with E-state index in [0.717, 1.165) is 16.3 Å². The molecule has 1 aliphatic carbocycles. The number of nitrogens with zero attached hydrogens (tertiary/aromatic N) is 3. The van der Waals surface area contributed by atoms with Gasteiger partial charge < -0.3 is 9.64 Å². The average molecular weight is 314 g/mol. The zero-order valence-corrected chi connectivity index (χ0v) is 12.8. The summed E-state index contributed by atoms with van der Waals surface area (Å²) < 4.78 is 6.01. The summed E-state index contributed by atoms with van der Waals surface area (Å²) in [6.45, 7) is 2.32. The molecule has 1 heterocycles. The summed E-state index contributed by atoms with van der Waals surface area (Å²) in [4.78, 5) is 11.0. The lowest BCUT2D eigenvalue weighted by molar-refractivity contribution is 0.333. The van der Waals surface area contributed by atoms with Crippen molar-refractivity contribution in [3.05, 3.63) is 10.7 Å². The van der Waals surface area contributed by atoms with E-state index >= 15 is 0 Å². The topological polar surface area (TPSA) is 38.2 Å². The van der Waals surface area contributed by atoms with Gasteiger partial charge in [0.1, 0.15) is 0 Å². The standard InChI is InChI=1S/C13H20BrN3O/c1-9-5-4-6-10(7-9)17(2)13-15-8-11(14)12(16-13)18-3/h8-10H,4-7H2,1-3H3. The SMILES string of the molecule is COc1nc(N(C)C2CCCC(C)C2)ncc1Br. The van der Waals surface area contributed by atoms with Crippen LogP contribution in [-0.4, -0.2) is 30.2 Å². The van der Waals surface area contributed by atoms with Gasteiger partial charge in [-0.3, -0.25) is 0 Å². The first-order chi connectivity index (χ1) is 8.61. The smallest absolute Gasteiger partial charge is 0.232 e. The maximum atomic E-state index is 5.22. The number of aromatic nitrogens is 2. The molecular weight excluding hydrogens is 294 g/mol. The molecule has 1 saturated carbocycles. The molecule has 18 heavy (non-hydrogen) atoms. The summed E-state index contributed by atoms with van der Waals surface area (Å²) in [5, 5.41) is 0. The van der Waals surface area contributed by atoms with Crippen LogP contribution in [0.3, 0.4) is 0 Å². The van der Waals surface area contributed by atoms with Gasteiger partial charge in [-0.1, -0.05) is 19.8 Å². The molecule has 0 amide bonds. The van der Waals surface area contributed by atoms with Crippen molar-refractivity contribution in [3.8, 4) is 5.88 Å². The summed E-state index contributed by atoms with van der Waals surface area (Å²) in [7, 11) is 3.70. The van der Waals surface area contributed by atoms with Crippen molar-refractivity contribution < 1.29 is 4.74 Å². The van der Waals surface area contributed by atoms with Crippen LogP contribution in [0, 0.1) is 5.92 Å². The second kappa shape index (κ2) is 5.87. The maximum absolute atomic E-state index is 5.22.